The van der Waals surface area contributed by atoms with Gasteiger partial charge in [0.1, 0.15) is 11.4 Å². The maximum atomic E-state index is 13.0. The molecule has 0 aliphatic heterocycles. The Morgan fingerprint density at radius 3 is 2.32 bits per heavy atom. The van der Waals surface area contributed by atoms with Crippen LogP contribution in [0.5, 0.6) is 5.75 Å². The van der Waals surface area contributed by atoms with Gasteiger partial charge in [-0.2, -0.15) is 0 Å². The number of hydrogen-bond acceptors (Lipinski definition) is 7. The van der Waals surface area contributed by atoms with Gasteiger partial charge < -0.3 is 14.8 Å². The molecule has 0 radical (unpaired) electrons. The second-order valence-corrected chi connectivity index (χ2v) is 9.57. The lowest BCUT2D eigenvalue weighted by atomic mass is 9.99. The molecule has 38 heavy (non-hydrogen) atoms. The molecule has 0 saturated heterocycles. The molecule has 1 amide bonds. The number of fused-ring (bicyclic) bond motifs is 1. The summed E-state index contributed by atoms with van der Waals surface area (Å²) in [6.07, 6.45) is 0.474. The predicted molar refractivity (Wildman–Crippen MR) is 144 cm³/mol. The van der Waals surface area contributed by atoms with Gasteiger partial charge in [-0.3, -0.25) is 23.5 Å². The minimum absolute atomic E-state index is 0.0103. The van der Waals surface area contributed by atoms with Crippen LogP contribution in [0.1, 0.15) is 62.0 Å². The summed E-state index contributed by atoms with van der Waals surface area (Å²) < 4.78 is 13.2. The molecule has 3 aromatic rings. The Morgan fingerprint density at radius 1 is 1.05 bits per heavy atom. The number of ether oxygens (including phenoxy) is 2. The van der Waals surface area contributed by atoms with Gasteiger partial charge in [0.15, 0.2) is 0 Å². The highest BCUT2D eigenvalue weighted by Gasteiger charge is 2.21. The lowest BCUT2D eigenvalue weighted by molar-refractivity contribution is -0.143. The summed E-state index contributed by atoms with van der Waals surface area (Å²) >= 11 is 0. The number of benzene rings is 1. The van der Waals surface area contributed by atoms with E-state index in [1.165, 1.54) is 11.6 Å². The number of esters is 1. The zero-order valence-corrected chi connectivity index (χ0v) is 23.1. The van der Waals surface area contributed by atoms with E-state index in [-0.39, 0.29) is 31.5 Å². The molecular formula is C28H36N4O6. The van der Waals surface area contributed by atoms with Crippen LogP contribution in [0.25, 0.3) is 11.0 Å². The Bertz CT molecular complexity index is 1450. The Balaban J connectivity index is 1.83. The van der Waals surface area contributed by atoms with Crippen molar-refractivity contribution in [3.63, 3.8) is 0 Å². The van der Waals surface area contributed by atoms with Crippen molar-refractivity contribution in [1.29, 1.82) is 0 Å². The first-order valence-electron chi connectivity index (χ1n) is 12.7. The molecule has 0 aliphatic carbocycles. The van der Waals surface area contributed by atoms with E-state index < -0.39 is 23.3 Å². The quantitative estimate of drug-likeness (QED) is 0.405. The van der Waals surface area contributed by atoms with Gasteiger partial charge in [-0.25, -0.2) is 9.78 Å². The minimum Gasteiger partial charge on any atom is -0.491 e. The van der Waals surface area contributed by atoms with Gasteiger partial charge in [0.05, 0.1) is 30.6 Å². The van der Waals surface area contributed by atoms with Gasteiger partial charge in [-0.15, -0.1) is 0 Å². The van der Waals surface area contributed by atoms with E-state index >= 15 is 0 Å². The number of hydrogen-bond donors (Lipinski definition) is 1. The van der Waals surface area contributed by atoms with E-state index in [0.29, 0.717) is 34.5 Å². The zero-order chi connectivity index (χ0) is 28.1. The maximum absolute atomic E-state index is 13.0. The number of pyridine rings is 1. The Morgan fingerprint density at radius 2 is 1.71 bits per heavy atom. The van der Waals surface area contributed by atoms with Crippen LogP contribution >= 0.6 is 0 Å². The third-order valence-corrected chi connectivity index (χ3v) is 6.44. The fourth-order valence-electron chi connectivity index (χ4n) is 4.50. The number of carbonyl (C=O) groups excluding carboxylic acids is 2. The summed E-state index contributed by atoms with van der Waals surface area (Å²) in [6, 6.07) is 6.68. The number of aryl methyl sites for hydroxylation is 3. The average molecular weight is 525 g/mol. The highest BCUT2D eigenvalue weighted by Crippen LogP contribution is 2.23. The Labute approximate surface area is 221 Å². The van der Waals surface area contributed by atoms with Crippen molar-refractivity contribution in [3.05, 3.63) is 67.5 Å². The van der Waals surface area contributed by atoms with Gasteiger partial charge in [-0.1, -0.05) is 12.1 Å². The smallest absolute Gasteiger partial charge is 0.332 e. The molecule has 0 saturated carbocycles. The van der Waals surface area contributed by atoms with Crippen molar-refractivity contribution >= 4 is 22.9 Å². The Kier molecular flexibility index (Phi) is 9.08. The molecule has 0 fully saturated rings. The van der Waals surface area contributed by atoms with E-state index in [4.69, 9.17) is 9.47 Å². The van der Waals surface area contributed by atoms with Crippen LogP contribution in [0, 0.1) is 13.8 Å². The molecular weight excluding hydrogens is 488 g/mol. The summed E-state index contributed by atoms with van der Waals surface area (Å²) in [7, 11) is 3.01. The van der Waals surface area contributed by atoms with Crippen LogP contribution in [0.4, 0.5) is 0 Å². The molecule has 1 atom stereocenters. The van der Waals surface area contributed by atoms with Crippen LogP contribution in [0.15, 0.2) is 33.9 Å². The summed E-state index contributed by atoms with van der Waals surface area (Å²) in [6.45, 7) is 9.46. The summed E-state index contributed by atoms with van der Waals surface area (Å²) in [5, 5.41) is 3.31. The van der Waals surface area contributed by atoms with E-state index in [9.17, 15) is 19.2 Å². The number of rotatable bonds is 10. The summed E-state index contributed by atoms with van der Waals surface area (Å²) in [5.74, 6) is 0.0320. The lowest BCUT2D eigenvalue weighted by Crippen LogP contribution is -2.38. The largest absolute Gasteiger partial charge is 0.491 e. The van der Waals surface area contributed by atoms with E-state index in [2.05, 4.69) is 10.3 Å². The number of aromatic nitrogens is 3. The molecule has 2 heterocycles. The van der Waals surface area contributed by atoms with Crippen LogP contribution in [0.2, 0.25) is 0 Å². The third kappa shape index (κ3) is 6.30. The molecule has 0 bridgehead atoms. The first-order chi connectivity index (χ1) is 17.9. The standard InChI is InChI=1S/C28H36N4O6/c1-8-37-24(34)15-22(19-9-11-20(12-10-19)38-16(2)3)30-23(33)14-13-21-17(4)25-26(29-18(21)5)31(6)28(36)32(7)27(25)35/h9-12,16,22H,8,13-15H2,1-7H3,(H,30,33). The second-order valence-electron chi connectivity index (χ2n) is 9.57. The van der Waals surface area contributed by atoms with Crippen LogP contribution in [-0.4, -0.2) is 38.7 Å². The predicted octanol–water partition coefficient (Wildman–Crippen LogP) is 2.78. The first-order valence-corrected chi connectivity index (χ1v) is 12.7. The zero-order valence-electron chi connectivity index (χ0n) is 23.1. The monoisotopic (exact) mass is 524 g/mol. The van der Waals surface area contributed by atoms with E-state index in [0.717, 1.165) is 15.7 Å². The average Bonchev–Trinajstić information content (AvgIpc) is 2.85. The molecule has 1 unspecified atom stereocenters. The van der Waals surface area contributed by atoms with Crippen molar-refractivity contribution in [3.8, 4) is 5.75 Å². The van der Waals surface area contributed by atoms with Crippen molar-refractivity contribution in [1.82, 2.24) is 19.4 Å². The van der Waals surface area contributed by atoms with Crippen molar-refractivity contribution < 1.29 is 19.1 Å². The summed E-state index contributed by atoms with van der Waals surface area (Å²) in [4.78, 5) is 55.0. The lowest BCUT2D eigenvalue weighted by Gasteiger charge is -2.20. The van der Waals surface area contributed by atoms with Gasteiger partial charge in [0.25, 0.3) is 5.56 Å². The third-order valence-electron chi connectivity index (χ3n) is 6.44. The SMILES string of the molecule is CCOC(=O)CC(NC(=O)CCc1c(C)nc2c(c1C)c(=O)n(C)c(=O)n2C)c1ccc(OC(C)C)cc1. The van der Waals surface area contributed by atoms with Crippen LogP contribution in [-0.2, 0) is 34.8 Å². The molecule has 0 spiro atoms. The molecule has 10 nitrogen and oxygen atoms in total. The van der Waals surface area contributed by atoms with Gasteiger partial charge in [0, 0.05) is 26.2 Å². The van der Waals surface area contributed by atoms with Gasteiger partial charge >= 0.3 is 11.7 Å². The fraction of sp³-hybridized carbons (Fsp3) is 0.464. The van der Waals surface area contributed by atoms with E-state index in [1.54, 1.807) is 40.0 Å². The number of nitrogens with zero attached hydrogens (tertiary/aromatic N) is 3. The molecule has 1 aromatic carbocycles. The minimum atomic E-state index is -0.576. The normalized spacial score (nSPS) is 12.0. The van der Waals surface area contributed by atoms with Crippen LogP contribution in [0.3, 0.4) is 0 Å². The first kappa shape index (κ1) is 28.6. The maximum Gasteiger partial charge on any atom is 0.332 e. The molecule has 204 valence electrons. The second kappa shape index (κ2) is 12.1. The molecule has 10 heteroatoms. The molecule has 1 N–H and O–H groups in total. The Hall–Kier alpha value is -3.95. The van der Waals surface area contributed by atoms with Crippen LogP contribution < -0.4 is 21.3 Å². The molecule has 0 aliphatic rings. The fourth-order valence-corrected chi connectivity index (χ4v) is 4.50. The van der Waals surface area contributed by atoms with Crippen molar-refractivity contribution in [2.45, 2.75) is 66.0 Å². The number of nitrogens with one attached hydrogen (secondary N) is 1. The topological polar surface area (TPSA) is 122 Å². The van der Waals surface area contributed by atoms with Gasteiger partial charge in [-0.05, 0) is 69.9 Å². The van der Waals surface area contributed by atoms with Crippen molar-refractivity contribution in [2.75, 3.05) is 6.61 Å². The van der Waals surface area contributed by atoms with Gasteiger partial charge in [0.2, 0.25) is 5.91 Å². The highest BCUT2D eigenvalue weighted by atomic mass is 16.5. The molecule has 2 aromatic heterocycles. The number of amides is 1. The number of carbonyl (C=O) groups is 2. The summed E-state index contributed by atoms with van der Waals surface area (Å²) in [5.41, 5.74) is 2.33. The van der Waals surface area contributed by atoms with Crippen molar-refractivity contribution in [2.24, 2.45) is 14.1 Å². The van der Waals surface area contributed by atoms with E-state index in [1.807, 2.05) is 26.0 Å². The molecule has 3 rings (SSSR count). The highest BCUT2D eigenvalue weighted by molar-refractivity contribution is 5.81.